The monoisotopic (exact) mass is 227 g/mol. The lowest BCUT2D eigenvalue weighted by Crippen LogP contribution is -2.05. The molecule has 0 spiro atoms. The summed E-state index contributed by atoms with van der Waals surface area (Å²) in [5, 5.41) is 10.2. The number of nitrogens with zero attached hydrogens (tertiary/aromatic N) is 1. The third kappa shape index (κ3) is 2.71. The molecule has 0 saturated heterocycles. The average molecular weight is 227 g/mol. The minimum Gasteiger partial charge on any atom is -0.388 e. The highest BCUT2D eigenvalue weighted by molar-refractivity contribution is 5.29. The Balaban J connectivity index is 2.20. The highest BCUT2D eigenvalue weighted by Crippen LogP contribution is 2.21. The van der Waals surface area contributed by atoms with Gasteiger partial charge < -0.3 is 5.11 Å². The van der Waals surface area contributed by atoms with E-state index in [1.165, 1.54) is 11.1 Å². The van der Waals surface area contributed by atoms with Crippen LogP contribution in [0.2, 0.25) is 0 Å². The van der Waals surface area contributed by atoms with E-state index in [-0.39, 0.29) is 0 Å². The van der Waals surface area contributed by atoms with Gasteiger partial charge in [0.25, 0.3) is 0 Å². The van der Waals surface area contributed by atoms with Gasteiger partial charge in [0.05, 0.1) is 6.10 Å². The van der Waals surface area contributed by atoms with Crippen molar-refractivity contribution < 1.29 is 5.11 Å². The number of aliphatic hydroxyl groups is 1. The molecule has 1 aromatic carbocycles. The SMILES string of the molecule is Cc1ccccc1CC(O)c1cccnc1C. The van der Waals surface area contributed by atoms with Crippen LogP contribution in [0.15, 0.2) is 42.6 Å². The van der Waals surface area contributed by atoms with Crippen molar-refractivity contribution in [2.45, 2.75) is 26.4 Å². The topological polar surface area (TPSA) is 33.1 Å². The lowest BCUT2D eigenvalue weighted by Gasteiger charge is -2.14. The molecule has 2 nitrogen and oxygen atoms in total. The van der Waals surface area contributed by atoms with Crippen LogP contribution in [-0.4, -0.2) is 10.1 Å². The number of rotatable bonds is 3. The zero-order valence-electron chi connectivity index (χ0n) is 10.2. The highest BCUT2D eigenvalue weighted by atomic mass is 16.3. The Hall–Kier alpha value is -1.67. The van der Waals surface area contributed by atoms with Crippen LogP contribution < -0.4 is 0 Å². The van der Waals surface area contributed by atoms with Gasteiger partial charge >= 0.3 is 0 Å². The molecule has 1 unspecified atom stereocenters. The quantitative estimate of drug-likeness (QED) is 0.874. The number of benzene rings is 1. The molecule has 0 aliphatic heterocycles. The molecule has 2 rings (SSSR count). The maximum Gasteiger partial charge on any atom is 0.0847 e. The molecular formula is C15H17NO. The van der Waals surface area contributed by atoms with Gasteiger partial charge in [-0.25, -0.2) is 0 Å². The summed E-state index contributed by atoms with van der Waals surface area (Å²) in [6.45, 7) is 3.99. The van der Waals surface area contributed by atoms with E-state index in [1.807, 2.05) is 31.2 Å². The Morgan fingerprint density at radius 2 is 1.88 bits per heavy atom. The van der Waals surface area contributed by atoms with E-state index in [2.05, 4.69) is 24.0 Å². The van der Waals surface area contributed by atoms with Gasteiger partial charge in [-0.15, -0.1) is 0 Å². The fourth-order valence-electron chi connectivity index (χ4n) is 2.01. The third-order valence-electron chi connectivity index (χ3n) is 3.08. The Labute approximate surface area is 102 Å². The van der Waals surface area contributed by atoms with Crippen LogP contribution in [0.1, 0.15) is 28.5 Å². The summed E-state index contributed by atoms with van der Waals surface area (Å²) in [6.07, 6.45) is 1.91. The van der Waals surface area contributed by atoms with Crippen LogP contribution in [0.25, 0.3) is 0 Å². The first kappa shape index (κ1) is 11.8. The van der Waals surface area contributed by atoms with Crippen molar-refractivity contribution in [2.24, 2.45) is 0 Å². The molecule has 0 aliphatic carbocycles. The van der Waals surface area contributed by atoms with E-state index in [9.17, 15) is 5.11 Å². The van der Waals surface area contributed by atoms with Crippen molar-refractivity contribution in [1.29, 1.82) is 0 Å². The Kier molecular flexibility index (Phi) is 3.55. The van der Waals surface area contributed by atoms with E-state index in [1.54, 1.807) is 6.20 Å². The van der Waals surface area contributed by atoms with Gasteiger partial charge in [-0.05, 0) is 31.0 Å². The van der Waals surface area contributed by atoms with Crippen LogP contribution in [0, 0.1) is 13.8 Å². The second kappa shape index (κ2) is 5.11. The highest BCUT2D eigenvalue weighted by Gasteiger charge is 2.12. The fourth-order valence-corrected chi connectivity index (χ4v) is 2.01. The fraction of sp³-hybridized carbons (Fsp3) is 0.267. The third-order valence-corrected chi connectivity index (χ3v) is 3.08. The van der Waals surface area contributed by atoms with Crippen LogP contribution in [0.5, 0.6) is 0 Å². The summed E-state index contributed by atoms with van der Waals surface area (Å²) < 4.78 is 0. The zero-order chi connectivity index (χ0) is 12.3. The van der Waals surface area contributed by atoms with E-state index in [0.29, 0.717) is 6.42 Å². The molecule has 0 aliphatic rings. The molecule has 1 atom stereocenters. The first-order chi connectivity index (χ1) is 8.18. The maximum atomic E-state index is 10.2. The zero-order valence-corrected chi connectivity index (χ0v) is 10.2. The largest absolute Gasteiger partial charge is 0.388 e. The number of hydrogen-bond acceptors (Lipinski definition) is 2. The lowest BCUT2D eigenvalue weighted by molar-refractivity contribution is 0.177. The molecular weight excluding hydrogens is 210 g/mol. The van der Waals surface area contributed by atoms with Crippen molar-refractivity contribution in [3.05, 3.63) is 65.0 Å². The van der Waals surface area contributed by atoms with Gasteiger partial charge in [0.1, 0.15) is 0 Å². The van der Waals surface area contributed by atoms with Crippen molar-refractivity contribution in [1.82, 2.24) is 4.98 Å². The van der Waals surface area contributed by atoms with Gasteiger partial charge in [0.2, 0.25) is 0 Å². The minimum atomic E-state index is -0.482. The molecule has 17 heavy (non-hydrogen) atoms. The number of aryl methyl sites for hydroxylation is 2. The molecule has 1 heterocycles. The van der Waals surface area contributed by atoms with Crippen LogP contribution >= 0.6 is 0 Å². The number of hydrogen-bond donors (Lipinski definition) is 1. The number of pyridine rings is 1. The van der Waals surface area contributed by atoms with E-state index >= 15 is 0 Å². The molecule has 0 amide bonds. The van der Waals surface area contributed by atoms with Gasteiger partial charge in [0, 0.05) is 23.9 Å². The Morgan fingerprint density at radius 3 is 2.59 bits per heavy atom. The van der Waals surface area contributed by atoms with Gasteiger partial charge in [-0.1, -0.05) is 30.3 Å². The first-order valence-corrected chi connectivity index (χ1v) is 5.82. The predicted octanol–water partition coefficient (Wildman–Crippen LogP) is 2.97. The second-order valence-corrected chi connectivity index (χ2v) is 4.32. The van der Waals surface area contributed by atoms with E-state index in [0.717, 1.165) is 11.3 Å². The summed E-state index contributed by atoms with van der Waals surface area (Å²) in [7, 11) is 0. The number of aromatic nitrogens is 1. The van der Waals surface area contributed by atoms with Gasteiger partial charge in [-0.3, -0.25) is 4.98 Å². The standard InChI is InChI=1S/C15H17NO/c1-11-6-3-4-7-13(11)10-15(17)14-8-5-9-16-12(14)2/h3-9,15,17H,10H2,1-2H3. The van der Waals surface area contributed by atoms with E-state index in [4.69, 9.17) is 0 Å². The summed E-state index contributed by atoms with van der Waals surface area (Å²) in [4.78, 5) is 4.20. The average Bonchev–Trinajstić information content (AvgIpc) is 2.32. The molecule has 2 aromatic rings. The summed E-state index contributed by atoms with van der Waals surface area (Å²) in [5.41, 5.74) is 4.21. The smallest absolute Gasteiger partial charge is 0.0847 e. The van der Waals surface area contributed by atoms with Crippen LogP contribution in [0.4, 0.5) is 0 Å². The summed E-state index contributed by atoms with van der Waals surface area (Å²) in [6, 6.07) is 11.9. The number of aliphatic hydroxyl groups excluding tert-OH is 1. The van der Waals surface area contributed by atoms with Crippen molar-refractivity contribution in [2.75, 3.05) is 0 Å². The van der Waals surface area contributed by atoms with Crippen molar-refractivity contribution in [3.8, 4) is 0 Å². The molecule has 0 saturated carbocycles. The molecule has 1 aromatic heterocycles. The molecule has 88 valence electrons. The van der Waals surface area contributed by atoms with Crippen LogP contribution in [0.3, 0.4) is 0 Å². The molecule has 0 fully saturated rings. The van der Waals surface area contributed by atoms with Gasteiger partial charge in [0.15, 0.2) is 0 Å². The predicted molar refractivity (Wildman–Crippen MR) is 68.8 cm³/mol. The van der Waals surface area contributed by atoms with Crippen molar-refractivity contribution >= 4 is 0 Å². The maximum absolute atomic E-state index is 10.2. The Bertz CT molecular complexity index is 508. The van der Waals surface area contributed by atoms with Crippen LogP contribution in [-0.2, 0) is 6.42 Å². The molecule has 1 N–H and O–H groups in total. The van der Waals surface area contributed by atoms with Gasteiger partial charge in [-0.2, -0.15) is 0 Å². The molecule has 0 radical (unpaired) electrons. The minimum absolute atomic E-state index is 0.482. The summed E-state index contributed by atoms with van der Waals surface area (Å²) >= 11 is 0. The molecule has 0 bridgehead atoms. The second-order valence-electron chi connectivity index (χ2n) is 4.32. The molecule has 2 heteroatoms. The lowest BCUT2D eigenvalue weighted by atomic mass is 9.98. The van der Waals surface area contributed by atoms with E-state index < -0.39 is 6.10 Å². The summed E-state index contributed by atoms with van der Waals surface area (Å²) in [5.74, 6) is 0. The first-order valence-electron chi connectivity index (χ1n) is 5.82. The van der Waals surface area contributed by atoms with Crippen molar-refractivity contribution in [3.63, 3.8) is 0 Å². The Morgan fingerprint density at radius 1 is 1.12 bits per heavy atom. The normalized spacial score (nSPS) is 12.4.